The van der Waals surface area contributed by atoms with E-state index in [0.717, 1.165) is 0 Å². The van der Waals surface area contributed by atoms with Crippen LogP contribution in [0.3, 0.4) is 0 Å². The minimum atomic E-state index is -0.401. The Labute approximate surface area is 614 Å². The molecular weight excluding hydrogens is 1780 g/mol. The van der Waals surface area contributed by atoms with E-state index in [0.29, 0.717) is 157 Å². The molecule has 16 nitrogen and oxygen atoms in total. The first-order valence-electron chi connectivity index (χ1n) is 24.3. The van der Waals surface area contributed by atoms with Gasteiger partial charge in [0.25, 0.3) is 0 Å². The second kappa shape index (κ2) is 41.3. The topological polar surface area (TPSA) is 258 Å². The number of nitriles is 2. The zero-order valence-corrected chi connectivity index (χ0v) is 61.8. The van der Waals surface area contributed by atoms with Gasteiger partial charge in [0.05, 0.1) is 42.0 Å². The quantitative estimate of drug-likeness (QED) is 0.0329. The summed E-state index contributed by atoms with van der Waals surface area (Å²) in [4.78, 5) is 39.2. The van der Waals surface area contributed by atoms with E-state index in [4.69, 9.17) is 80.1 Å². The largest absolute Gasteiger partial charge is 3.00 e. The minimum Gasteiger partial charge on any atom is -0.877 e. The number of nitrogens with zero attached hydrogens (tertiary/aromatic N) is 8. The van der Waals surface area contributed by atoms with E-state index in [1.807, 2.05) is 0 Å². The molecule has 1 aliphatic carbocycles. The molecule has 2 radical (unpaired) electrons. The van der Waals surface area contributed by atoms with Gasteiger partial charge in [-0.1, -0.05) is 178 Å². The summed E-state index contributed by atoms with van der Waals surface area (Å²) in [6.45, 7) is 8.40. The fourth-order valence-electron chi connectivity index (χ4n) is 8.38. The normalized spacial score (nSPS) is 16.2. The van der Waals surface area contributed by atoms with Crippen LogP contribution in [0.1, 0.15) is 58.8 Å². The average molecular weight is 1830 g/mol. The number of benzene rings is 5. The van der Waals surface area contributed by atoms with Gasteiger partial charge in [-0.3, -0.25) is 39.2 Å². The zero-order chi connectivity index (χ0) is 62.5. The number of aliphatic imine (C=N–C) groups is 2. The standard InChI is InChI=1S/C38H36Br4Cl4N6O4.2C7H4BrClO2.2C2H3N.3Ni/c39-29-15-23(43)11-21(33(29)53)19-47-1-3-49-5-7-51(37(49)27-13-25(45)17-31(41)35(27)55)9-10-52-8-6-50(38(52)28-14-26(46)18-32(42)36(28)56)4-2-48-20-22-12-24(44)16-30(40)34(22)54;2*8-6-2-5(9)1-4(3-10)7(6)11;2*1-2-3;;;/h11-20,37-38,53-56H,1-10H2;1-3,11H;1-3,10H;2*1H3;;;/q;;;;;+2;2*+3/p-6/b;;4-3-;;;;;/t37-,38-;;;;;;;/m0......./s1. The minimum absolute atomic E-state index is 0. The number of aldehydes is 1. The first kappa shape index (κ1) is 82.7. The van der Waals surface area contributed by atoms with Gasteiger partial charge in [0.1, 0.15) is 6.29 Å². The van der Waals surface area contributed by atoms with Gasteiger partial charge in [-0.25, -0.2) is 0 Å². The second-order valence-electron chi connectivity index (χ2n) is 17.5. The Bertz CT molecular complexity index is 3300. The Hall–Kier alpha value is -2.28. The molecule has 3 aliphatic rings. The summed E-state index contributed by atoms with van der Waals surface area (Å²) in [5.41, 5.74) is 1.98. The van der Waals surface area contributed by atoms with E-state index in [1.54, 1.807) is 60.7 Å². The van der Waals surface area contributed by atoms with Crippen LogP contribution in [0.15, 0.2) is 127 Å². The van der Waals surface area contributed by atoms with Gasteiger partial charge in [0.2, 0.25) is 0 Å². The van der Waals surface area contributed by atoms with Crippen molar-refractivity contribution in [2.75, 3.05) is 65.4 Å². The van der Waals surface area contributed by atoms with E-state index in [-0.39, 0.29) is 95.1 Å². The fourth-order valence-corrected chi connectivity index (χ4v) is 13.4. The van der Waals surface area contributed by atoms with Crippen LogP contribution in [0.2, 0.25) is 25.1 Å². The predicted molar refractivity (Wildman–Crippen MR) is 342 cm³/mol. The van der Waals surface area contributed by atoms with Crippen molar-refractivity contribution in [3.63, 3.8) is 0 Å². The average Bonchev–Trinajstić information content (AvgIpc) is 4.07. The summed E-state index contributed by atoms with van der Waals surface area (Å²) in [5, 5.41) is 90.6. The monoisotopic (exact) mass is 1810 g/mol. The van der Waals surface area contributed by atoms with Gasteiger partial charge in [-0.15, -0.1) is 6.26 Å². The molecule has 2 aliphatic heterocycles. The van der Waals surface area contributed by atoms with Crippen molar-refractivity contribution in [1.82, 2.24) is 19.6 Å². The molecular formula is C56H44Br6Cl6N8Ni3O8+2. The van der Waals surface area contributed by atoms with Gasteiger partial charge >= 0.3 is 49.5 Å². The van der Waals surface area contributed by atoms with Gasteiger partial charge in [0, 0.05) is 142 Å². The van der Waals surface area contributed by atoms with Crippen molar-refractivity contribution in [2.45, 2.75) is 26.2 Å². The molecule has 2 atom stereocenters. The van der Waals surface area contributed by atoms with Crippen LogP contribution in [-0.2, 0) is 54.3 Å². The van der Waals surface area contributed by atoms with Gasteiger partial charge in [-0.2, -0.15) is 10.5 Å². The van der Waals surface area contributed by atoms with Crippen LogP contribution in [0.4, 0.5) is 0 Å². The van der Waals surface area contributed by atoms with Crippen molar-refractivity contribution >= 4 is 190 Å². The zero-order valence-electron chi connectivity index (χ0n) is 44.8. The maximum absolute atomic E-state index is 13.6. The Balaban J connectivity index is 0.00000100. The molecule has 0 saturated carbocycles. The number of hydrogen-bond acceptors (Lipinski definition) is 16. The summed E-state index contributed by atoms with van der Waals surface area (Å²) in [6, 6.07) is 19.2. The number of ketones is 1. The molecule has 8 rings (SSSR count). The van der Waals surface area contributed by atoms with Crippen molar-refractivity contribution in [2.24, 2.45) is 9.98 Å². The van der Waals surface area contributed by atoms with Gasteiger partial charge < -0.3 is 30.6 Å². The Morgan fingerprint density at radius 3 is 1.16 bits per heavy atom. The van der Waals surface area contributed by atoms with Crippen molar-refractivity contribution in [3.8, 4) is 40.9 Å². The third kappa shape index (κ3) is 24.6. The van der Waals surface area contributed by atoms with E-state index in [1.165, 1.54) is 50.6 Å². The molecule has 0 N–H and O–H groups in total. The molecule has 31 heteroatoms. The molecule has 0 spiro atoms. The van der Waals surface area contributed by atoms with Gasteiger partial charge in [0.15, 0.2) is 5.78 Å². The number of Topliss-reactive ketones (excluding diaryl/α,β-unsaturated/α-hetero) is 1. The van der Waals surface area contributed by atoms with Crippen LogP contribution in [0, 0.1) is 22.7 Å². The molecule has 2 heterocycles. The fraction of sp³-hybridized carbons (Fsp3) is 0.250. The summed E-state index contributed by atoms with van der Waals surface area (Å²) in [6.07, 6.45) is 6.01. The maximum Gasteiger partial charge on any atom is 3.00 e. The smallest absolute Gasteiger partial charge is 0.877 e. The third-order valence-corrected chi connectivity index (χ3v) is 16.8. The predicted octanol–water partition coefficient (Wildman–Crippen LogP) is 12.1. The van der Waals surface area contributed by atoms with Crippen molar-refractivity contribution in [1.29, 1.82) is 10.5 Å². The summed E-state index contributed by atoms with van der Waals surface area (Å²) >= 11 is 55.7. The number of carbonyl (C=O) groups excluding carboxylic acids is 2. The molecule has 5 aromatic carbocycles. The van der Waals surface area contributed by atoms with E-state index < -0.39 is 12.3 Å². The van der Waals surface area contributed by atoms with Crippen molar-refractivity contribution in [3.05, 3.63) is 169 Å². The molecule has 0 unspecified atom stereocenters. The Kier molecular flexibility index (Phi) is 39.3. The maximum atomic E-state index is 13.6. The van der Waals surface area contributed by atoms with Crippen LogP contribution >= 0.6 is 165 Å². The number of hydrogen-bond donors (Lipinski definition) is 0. The first-order valence-corrected chi connectivity index (χ1v) is 31.3. The third-order valence-electron chi connectivity index (χ3n) is 11.9. The Morgan fingerprint density at radius 2 is 0.828 bits per heavy atom. The Morgan fingerprint density at radius 1 is 0.529 bits per heavy atom. The number of halogens is 12. The van der Waals surface area contributed by atoms with E-state index >= 15 is 0 Å². The van der Waals surface area contributed by atoms with Gasteiger partial charge in [-0.05, 0) is 111 Å². The molecule has 2 fully saturated rings. The molecule has 0 aromatic heterocycles. The van der Waals surface area contributed by atoms with Crippen molar-refractivity contribution < 1.29 is 89.7 Å². The number of rotatable bonds is 14. The summed E-state index contributed by atoms with van der Waals surface area (Å²) in [5.74, 6) is -1.37. The molecule has 87 heavy (non-hydrogen) atoms. The molecule has 0 bridgehead atoms. The molecule has 468 valence electrons. The van der Waals surface area contributed by atoms with Crippen LogP contribution in [0.5, 0.6) is 28.7 Å². The summed E-state index contributed by atoms with van der Waals surface area (Å²) in [7, 11) is 0. The SMILES string of the molecule is CC#N.CC#N.O=C1C(Br)=CC(Cl)=C/C1=C/[O-].O=Cc1cc(Cl)cc(Br)c1[O-].[Ni+2].[Ni+3].[Ni+3].[O-]c1c(Br)cc(Cl)cc1C=NCCN1CCN(CCN2CCN(CCN=Cc3cc(Cl)cc(Br)c3[O-])[C@@H]2c2cc(Cl)cc(Br)c2[O-])[C@H]1c1cc(Cl)cc(Br)c1[O-]. The van der Waals surface area contributed by atoms with Crippen LogP contribution in [-0.4, -0.2) is 110 Å². The molecule has 2 saturated heterocycles. The number of allylic oxidation sites excluding steroid dienone is 5. The molecule has 0 amide bonds. The number of carbonyl (C=O) groups is 2. The molecule has 5 aromatic rings. The van der Waals surface area contributed by atoms with E-state index in [2.05, 4.69) is 125 Å². The summed E-state index contributed by atoms with van der Waals surface area (Å²) < 4.78 is 2.11. The van der Waals surface area contributed by atoms with Crippen LogP contribution < -0.4 is 30.6 Å². The first-order chi connectivity index (χ1) is 39.8. The van der Waals surface area contributed by atoms with E-state index in [9.17, 15) is 40.2 Å². The second-order valence-corrected chi connectivity index (χ2v) is 25.2. The van der Waals surface area contributed by atoms with Crippen LogP contribution in [0.25, 0.3) is 0 Å².